The summed E-state index contributed by atoms with van der Waals surface area (Å²) in [7, 11) is 0. The van der Waals surface area contributed by atoms with Gasteiger partial charge < -0.3 is 14.3 Å². The van der Waals surface area contributed by atoms with Gasteiger partial charge in [0.2, 0.25) is 0 Å². The molecule has 0 aliphatic carbocycles. The van der Waals surface area contributed by atoms with Gasteiger partial charge in [0.15, 0.2) is 0 Å². The zero-order valence-electron chi connectivity index (χ0n) is 16.7. The molecule has 3 heteroatoms. The highest BCUT2D eigenvalue weighted by Gasteiger charge is 2.14. The molecular weight excluding hydrogens is 360 g/mol. The molecule has 0 bridgehead atoms. The van der Waals surface area contributed by atoms with E-state index in [-0.39, 0.29) is 0 Å². The van der Waals surface area contributed by atoms with Crippen molar-refractivity contribution in [3.8, 4) is 16.9 Å². The van der Waals surface area contributed by atoms with E-state index in [0.29, 0.717) is 12.2 Å². The van der Waals surface area contributed by atoms with E-state index in [2.05, 4.69) is 43.3 Å². The van der Waals surface area contributed by atoms with Gasteiger partial charge in [0.1, 0.15) is 17.6 Å². The molecule has 29 heavy (non-hydrogen) atoms. The first kappa shape index (κ1) is 19.0. The Kier molecular flexibility index (Phi) is 5.22. The zero-order chi connectivity index (χ0) is 20.4. The zero-order valence-corrected chi connectivity index (χ0v) is 16.7. The molecule has 0 fully saturated rings. The maximum atomic E-state index is 11.0. The summed E-state index contributed by atoms with van der Waals surface area (Å²) < 4.78 is 5.74. The Morgan fingerprint density at radius 1 is 0.862 bits per heavy atom. The van der Waals surface area contributed by atoms with Gasteiger partial charge in [0.25, 0.3) is 0 Å². The summed E-state index contributed by atoms with van der Waals surface area (Å²) in [5.41, 5.74) is 8.33. The molecule has 1 aromatic heterocycles. The summed E-state index contributed by atoms with van der Waals surface area (Å²) in [6.45, 7) is 4.05. The van der Waals surface area contributed by atoms with Gasteiger partial charge >= 0.3 is 0 Å². The number of aryl methyl sites for hydroxylation is 4. The number of fused-ring (bicyclic) bond motifs is 1. The van der Waals surface area contributed by atoms with Gasteiger partial charge in [-0.2, -0.15) is 0 Å². The highest BCUT2D eigenvalue weighted by Crippen LogP contribution is 2.33. The Bertz CT molecular complexity index is 1170. The van der Waals surface area contributed by atoms with Crippen molar-refractivity contribution < 1.29 is 14.3 Å². The van der Waals surface area contributed by atoms with Crippen molar-refractivity contribution >= 4 is 17.3 Å². The fourth-order valence-corrected chi connectivity index (χ4v) is 3.78. The van der Waals surface area contributed by atoms with Gasteiger partial charge in [0, 0.05) is 17.4 Å². The molecule has 0 amide bonds. The van der Waals surface area contributed by atoms with Crippen LogP contribution in [0.3, 0.4) is 0 Å². The van der Waals surface area contributed by atoms with Crippen LogP contribution in [0.15, 0.2) is 65.3 Å². The number of aromatic hydroxyl groups is 1. The van der Waals surface area contributed by atoms with Crippen LogP contribution in [0.25, 0.3) is 22.1 Å². The normalized spacial score (nSPS) is 11.1. The van der Waals surface area contributed by atoms with Crippen LogP contribution in [-0.2, 0) is 24.1 Å². The van der Waals surface area contributed by atoms with E-state index < -0.39 is 0 Å². The first-order chi connectivity index (χ1) is 14.0. The van der Waals surface area contributed by atoms with E-state index in [9.17, 15) is 9.90 Å². The predicted molar refractivity (Wildman–Crippen MR) is 116 cm³/mol. The summed E-state index contributed by atoms with van der Waals surface area (Å²) in [5.74, 6) is 0.342. The quantitative estimate of drug-likeness (QED) is 0.418. The molecule has 146 valence electrons. The number of hydrogen-bond donors (Lipinski definition) is 1. The summed E-state index contributed by atoms with van der Waals surface area (Å²) in [5, 5.41) is 11.2. The van der Waals surface area contributed by atoms with Gasteiger partial charge in [0.05, 0.1) is 6.26 Å². The minimum absolute atomic E-state index is 0.342. The fourth-order valence-electron chi connectivity index (χ4n) is 3.78. The molecule has 0 radical (unpaired) electrons. The number of rotatable bonds is 6. The van der Waals surface area contributed by atoms with E-state index in [0.717, 1.165) is 63.5 Å². The van der Waals surface area contributed by atoms with Gasteiger partial charge in [-0.15, -0.1) is 0 Å². The van der Waals surface area contributed by atoms with E-state index >= 15 is 0 Å². The molecule has 0 spiro atoms. The highest BCUT2D eigenvalue weighted by atomic mass is 16.3. The SMILES string of the molecule is Cc1ccc(-c2cc3c(CC=O)coc3cc2CCc2ccc(C)cc2O)cc1. The third kappa shape index (κ3) is 3.95. The Labute approximate surface area is 170 Å². The van der Waals surface area contributed by atoms with Crippen LogP contribution in [0.5, 0.6) is 5.75 Å². The molecule has 0 unspecified atom stereocenters. The summed E-state index contributed by atoms with van der Waals surface area (Å²) in [6.07, 6.45) is 4.44. The molecule has 0 atom stereocenters. The first-order valence-electron chi connectivity index (χ1n) is 9.87. The Hall–Kier alpha value is -3.33. The topological polar surface area (TPSA) is 50.4 Å². The second-order valence-electron chi connectivity index (χ2n) is 7.64. The molecule has 3 nitrogen and oxygen atoms in total. The largest absolute Gasteiger partial charge is 0.508 e. The number of carbonyl (C=O) groups excluding carboxylic acids is 1. The van der Waals surface area contributed by atoms with Crippen molar-refractivity contribution in [3.63, 3.8) is 0 Å². The fraction of sp³-hybridized carbons (Fsp3) is 0.192. The highest BCUT2D eigenvalue weighted by molar-refractivity contribution is 5.89. The minimum atomic E-state index is 0.342. The number of benzene rings is 3. The van der Waals surface area contributed by atoms with Gasteiger partial charge in [-0.05, 0) is 72.7 Å². The number of phenolic OH excluding ortho intramolecular Hbond substituents is 1. The lowest BCUT2D eigenvalue weighted by Gasteiger charge is -2.12. The van der Waals surface area contributed by atoms with Crippen molar-refractivity contribution in [2.75, 3.05) is 0 Å². The molecule has 0 saturated heterocycles. The third-order valence-corrected chi connectivity index (χ3v) is 5.45. The van der Waals surface area contributed by atoms with Crippen LogP contribution in [-0.4, -0.2) is 11.4 Å². The second kappa shape index (κ2) is 7.96. The third-order valence-electron chi connectivity index (χ3n) is 5.45. The average Bonchev–Trinajstić information content (AvgIpc) is 3.09. The standard InChI is InChI=1S/C26H24O3/c1-17-3-6-19(7-4-17)23-15-24-22(11-12-27)16-29-26(24)14-21(23)10-9-20-8-5-18(2)13-25(20)28/h3-8,12-16,28H,9-11H2,1-2H3. The maximum absolute atomic E-state index is 11.0. The monoisotopic (exact) mass is 384 g/mol. The lowest BCUT2D eigenvalue weighted by molar-refractivity contribution is -0.107. The molecule has 3 aromatic carbocycles. The molecule has 4 aromatic rings. The number of furan rings is 1. The molecule has 1 heterocycles. The van der Waals surface area contributed by atoms with Crippen LogP contribution < -0.4 is 0 Å². The maximum Gasteiger partial charge on any atom is 0.134 e. The van der Waals surface area contributed by atoms with Gasteiger partial charge in [-0.25, -0.2) is 0 Å². The van der Waals surface area contributed by atoms with Gasteiger partial charge in [-0.1, -0.05) is 42.0 Å². The molecule has 0 aliphatic heterocycles. The van der Waals surface area contributed by atoms with Crippen molar-refractivity contribution in [3.05, 3.63) is 88.7 Å². The Balaban J connectivity index is 1.77. The number of phenols is 1. The minimum Gasteiger partial charge on any atom is -0.508 e. The average molecular weight is 384 g/mol. The summed E-state index contributed by atoms with van der Waals surface area (Å²) in [6, 6.07) is 18.5. The smallest absolute Gasteiger partial charge is 0.134 e. The first-order valence-corrected chi connectivity index (χ1v) is 9.87. The van der Waals surface area contributed by atoms with Crippen molar-refractivity contribution in [2.45, 2.75) is 33.1 Å². The van der Waals surface area contributed by atoms with E-state index in [4.69, 9.17) is 4.42 Å². The lowest BCUT2D eigenvalue weighted by atomic mass is 9.92. The summed E-state index contributed by atoms with van der Waals surface area (Å²) in [4.78, 5) is 11.0. The van der Waals surface area contributed by atoms with Crippen LogP contribution in [0.1, 0.15) is 27.8 Å². The van der Waals surface area contributed by atoms with Crippen molar-refractivity contribution in [2.24, 2.45) is 0 Å². The molecule has 0 saturated carbocycles. The summed E-state index contributed by atoms with van der Waals surface area (Å²) >= 11 is 0. The molecular formula is C26H24O3. The molecule has 1 N–H and O–H groups in total. The van der Waals surface area contributed by atoms with Crippen LogP contribution >= 0.6 is 0 Å². The van der Waals surface area contributed by atoms with Crippen LogP contribution in [0, 0.1) is 13.8 Å². The number of hydrogen-bond acceptors (Lipinski definition) is 3. The van der Waals surface area contributed by atoms with E-state index in [1.807, 2.05) is 19.1 Å². The Morgan fingerprint density at radius 2 is 1.59 bits per heavy atom. The molecule has 0 aliphatic rings. The second-order valence-corrected chi connectivity index (χ2v) is 7.64. The number of aldehydes is 1. The predicted octanol–water partition coefficient (Wildman–Crippen LogP) is 5.95. The van der Waals surface area contributed by atoms with Gasteiger partial charge in [-0.3, -0.25) is 0 Å². The van der Waals surface area contributed by atoms with Crippen LogP contribution in [0.2, 0.25) is 0 Å². The van der Waals surface area contributed by atoms with Crippen molar-refractivity contribution in [1.29, 1.82) is 0 Å². The lowest BCUT2D eigenvalue weighted by Crippen LogP contribution is -1.96. The van der Waals surface area contributed by atoms with Crippen molar-refractivity contribution in [1.82, 2.24) is 0 Å². The van der Waals surface area contributed by atoms with Crippen LogP contribution in [0.4, 0.5) is 0 Å². The van der Waals surface area contributed by atoms with E-state index in [1.54, 1.807) is 12.3 Å². The Morgan fingerprint density at radius 3 is 2.31 bits per heavy atom. The van der Waals surface area contributed by atoms with E-state index in [1.165, 1.54) is 5.56 Å². The number of carbonyl (C=O) groups is 1. The molecule has 4 rings (SSSR count).